The van der Waals surface area contributed by atoms with E-state index in [1.165, 1.54) is 0 Å². The van der Waals surface area contributed by atoms with Crippen LogP contribution < -0.4 is 4.74 Å². The third kappa shape index (κ3) is 3.43. The Balaban J connectivity index is 1.76. The van der Waals surface area contributed by atoms with E-state index in [9.17, 15) is 4.79 Å². The van der Waals surface area contributed by atoms with Gasteiger partial charge in [-0.2, -0.15) is 0 Å². The van der Waals surface area contributed by atoms with Crippen LogP contribution in [0.3, 0.4) is 0 Å². The third-order valence-corrected chi connectivity index (χ3v) is 4.17. The Labute approximate surface area is 141 Å². The Hall–Kier alpha value is -2.34. The summed E-state index contributed by atoms with van der Waals surface area (Å²) < 4.78 is 16.3. The summed E-state index contributed by atoms with van der Waals surface area (Å²) in [5, 5.41) is 3.95. The van der Waals surface area contributed by atoms with Crippen LogP contribution in [0.2, 0.25) is 0 Å². The highest BCUT2D eigenvalue weighted by Crippen LogP contribution is 2.30. The summed E-state index contributed by atoms with van der Waals surface area (Å²) >= 11 is 0. The van der Waals surface area contributed by atoms with Gasteiger partial charge in [-0.3, -0.25) is 4.79 Å². The Kier molecular flexibility index (Phi) is 5.15. The minimum atomic E-state index is -0.121. The number of likely N-dealkylation sites (tertiary alicyclic amines) is 1. The molecule has 24 heavy (non-hydrogen) atoms. The van der Waals surface area contributed by atoms with Crippen molar-refractivity contribution in [2.45, 2.75) is 25.9 Å². The number of carbonyl (C=O) groups excluding carboxylic acids is 1. The van der Waals surface area contributed by atoms with Gasteiger partial charge < -0.3 is 18.9 Å². The standard InChI is InChI=1S/C18H22N2O4/c1-3-23-13-7-6-10-20(12-13)18(21)15-11-17(24-19-15)14-8-4-5-9-16(14)22-2/h4-5,8-9,11,13H,3,6-7,10,12H2,1-2H3/t13-/m0/s1. The van der Waals surface area contributed by atoms with Crippen molar-refractivity contribution in [3.63, 3.8) is 0 Å². The molecule has 1 aliphatic heterocycles. The first-order valence-electron chi connectivity index (χ1n) is 8.24. The van der Waals surface area contributed by atoms with Gasteiger partial charge >= 0.3 is 0 Å². The molecule has 0 aliphatic carbocycles. The molecule has 1 aromatic carbocycles. The molecule has 2 aromatic rings. The molecule has 0 bridgehead atoms. The van der Waals surface area contributed by atoms with E-state index < -0.39 is 0 Å². The number of para-hydroxylation sites is 1. The van der Waals surface area contributed by atoms with Crippen LogP contribution in [0, 0.1) is 0 Å². The van der Waals surface area contributed by atoms with Gasteiger partial charge in [0.1, 0.15) is 5.75 Å². The number of nitrogens with zero attached hydrogens (tertiary/aromatic N) is 2. The average molecular weight is 330 g/mol. The van der Waals surface area contributed by atoms with Crippen LogP contribution >= 0.6 is 0 Å². The second kappa shape index (κ2) is 7.49. The van der Waals surface area contributed by atoms with Crippen molar-refractivity contribution in [2.75, 3.05) is 26.8 Å². The van der Waals surface area contributed by atoms with E-state index in [0.717, 1.165) is 24.9 Å². The number of methoxy groups -OCH3 is 1. The van der Waals surface area contributed by atoms with Crippen molar-refractivity contribution in [2.24, 2.45) is 0 Å². The summed E-state index contributed by atoms with van der Waals surface area (Å²) in [5.41, 5.74) is 1.09. The molecule has 1 amide bonds. The van der Waals surface area contributed by atoms with Crippen molar-refractivity contribution in [1.29, 1.82) is 0 Å². The Morgan fingerprint density at radius 1 is 1.42 bits per heavy atom. The van der Waals surface area contributed by atoms with E-state index in [4.69, 9.17) is 14.0 Å². The minimum absolute atomic E-state index is 0.105. The molecule has 1 aromatic heterocycles. The maximum absolute atomic E-state index is 12.7. The number of hydrogen-bond acceptors (Lipinski definition) is 5. The molecule has 0 spiro atoms. The van der Waals surface area contributed by atoms with Crippen molar-refractivity contribution >= 4 is 5.91 Å². The molecule has 1 fully saturated rings. The smallest absolute Gasteiger partial charge is 0.276 e. The molecule has 0 radical (unpaired) electrons. The van der Waals surface area contributed by atoms with Gasteiger partial charge in [-0.05, 0) is 31.9 Å². The molecule has 2 heterocycles. The van der Waals surface area contributed by atoms with Crippen LogP contribution in [0.5, 0.6) is 5.75 Å². The van der Waals surface area contributed by atoms with Crippen molar-refractivity contribution in [3.8, 4) is 17.1 Å². The predicted molar refractivity (Wildman–Crippen MR) is 89.0 cm³/mol. The van der Waals surface area contributed by atoms with Crippen LogP contribution in [-0.4, -0.2) is 48.9 Å². The van der Waals surface area contributed by atoms with E-state index in [1.807, 2.05) is 31.2 Å². The largest absolute Gasteiger partial charge is 0.496 e. The van der Waals surface area contributed by atoms with E-state index in [1.54, 1.807) is 18.1 Å². The van der Waals surface area contributed by atoms with Gasteiger partial charge in [0.05, 0.1) is 18.8 Å². The summed E-state index contributed by atoms with van der Waals surface area (Å²) in [7, 11) is 1.60. The molecule has 128 valence electrons. The van der Waals surface area contributed by atoms with Crippen molar-refractivity contribution < 1.29 is 18.8 Å². The Bertz CT molecular complexity index is 696. The van der Waals surface area contributed by atoms with Crippen LogP contribution in [-0.2, 0) is 4.74 Å². The van der Waals surface area contributed by atoms with E-state index in [0.29, 0.717) is 30.4 Å². The van der Waals surface area contributed by atoms with Gasteiger partial charge in [0, 0.05) is 25.8 Å². The van der Waals surface area contributed by atoms with Crippen molar-refractivity contribution in [3.05, 3.63) is 36.0 Å². The summed E-state index contributed by atoms with van der Waals surface area (Å²) in [4.78, 5) is 14.5. The molecule has 0 saturated carbocycles. The topological polar surface area (TPSA) is 64.8 Å². The summed E-state index contributed by atoms with van der Waals surface area (Å²) in [6, 6.07) is 9.16. The lowest BCUT2D eigenvalue weighted by Crippen LogP contribution is -2.43. The van der Waals surface area contributed by atoms with Crippen LogP contribution in [0.1, 0.15) is 30.3 Å². The molecule has 3 rings (SSSR count). The zero-order chi connectivity index (χ0) is 16.9. The second-order valence-electron chi connectivity index (χ2n) is 5.75. The molecule has 0 unspecified atom stereocenters. The molecule has 0 N–H and O–H groups in total. The predicted octanol–water partition coefficient (Wildman–Crippen LogP) is 2.99. The van der Waals surface area contributed by atoms with Gasteiger partial charge in [-0.25, -0.2) is 0 Å². The number of benzene rings is 1. The first-order chi connectivity index (χ1) is 11.7. The van der Waals surface area contributed by atoms with Gasteiger partial charge in [0.25, 0.3) is 5.91 Å². The monoisotopic (exact) mass is 330 g/mol. The maximum atomic E-state index is 12.7. The molecule has 6 heteroatoms. The zero-order valence-corrected chi connectivity index (χ0v) is 14.0. The van der Waals surface area contributed by atoms with Crippen LogP contribution in [0.15, 0.2) is 34.9 Å². The summed E-state index contributed by atoms with van der Waals surface area (Å²) in [5.74, 6) is 1.08. The van der Waals surface area contributed by atoms with Gasteiger partial charge in [-0.15, -0.1) is 0 Å². The molecular formula is C18H22N2O4. The minimum Gasteiger partial charge on any atom is -0.496 e. The SMILES string of the molecule is CCO[C@H]1CCCN(C(=O)c2cc(-c3ccccc3OC)on2)C1. The Morgan fingerprint density at radius 3 is 3.04 bits per heavy atom. The second-order valence-corrected chi connectivity index (χ2v) is 5.75. The highest BCUT2D eigenvalue weighted by Gasteiger charge is 2.27. The molecule has 6 nitrogen and oxygen atoms in total. The lowest BCUT2D eigenvalue weighted by molar-refractivity contribution is 0.00689. The van der Waals surface area contributed by atoms with Crippen LogP contribution in [0.4, 0.5) is 0 Å². The van der Waals surface area contributed by atoms with Crippen LogP contribution in [0.25, 0.3) is 11.3 Å². The lowest BCUT2D eigenvalue weighted by atomic mass is 10.1. The Morgan fingerprint density at radius 2 is 2.25 bits per heavy atom. The first kappa shape index (κ1) is 16.5. The lowest BCUT2D eigenvalue weighted by Gasteiger charge is -2.31. The summed E-state index contributed by atoms with van der Waals surface area (Å²) in [6.45, 7) is 3.95. The number of ether oxygens (including phenoxy) is 2. The molecule has 1 aliphatic rings. The zero-order valence-electron chi connectivity index (χ0n) is 14.0. The normalized spacial score (nSPS) is 17.8. The van der Waals surface area contributed by atoms with Gasteiger partial charge in [0.2, 0.25) is 0 Å². The van der Waals surface area contributed by atoms with E-state index >= 15 is 0 Å². The molecule has 1 saturated heterocycles. The number of piperidine rings is 1. The number of rotatable bonds is 5. The van der Waals surface area contributed by atoms with Gasteiger partial charge in [0.15, 0.2) is 11.5 Å². The number of hydrogen-bond donors (Lipinski definition) is 0. The summed E-state index contributed by atoms with van der Waals surface area (Å²) in [6.07, 6.45) is 2.03. The number of aromatic nitrogens is 1. The maximum Gasteiger partial charge on any atom is 0.276 e. The molecular weight excluding hydrogens is 308 g/mol. The van der Waals surface area contributed by atoms with E-state index in [2.05, 4.69) is 5.16 Å². The number of amides is 1. The van der Waals surface area contributed by atoms with Crippen molar-refractivity contribution in [1.82, 2.24) is 10.1 Å². The molecule has 1 atom stereocenters. The first-order valence-corrected chi connectivity index (χ1v) is 8.24. The van der Waals surface area contributed by atoms with Gasteiger partial charge in [-0.1, -0.05) is 17.3 Å². The fourth-order valence-corrected chi connectivity index (χ4v) is 3.01. The fourth-order valence-electron chi connectivity index (χ4n) is 3.01. The van der Waals surface area contributed by atoms with E-state index in [-0.39, 0.29) is 12.0 Å². The highest BCUT2D eigenvalue weighted by atomic mass is 16.5. The third-order valence-electron chi connectivity index (χ3n) is 4.17. The fraction of sp³-hybridized carbons (Fsp3) is 0.444. The number of carbonyl (C=O) groups is 1. The quantitative estimate of drug-likeness (QED) is 0.843. The average Bonchev–Trinajstić information content (AvgIpc) is 3.11. The highest BCUT2D eigenvalue weighted by molar-refractivity contribution is 5.93.